The number of hydrogen-bond donors (Lipinski definition) is 1. The van der Waals surface area contributed by atoms with Crippen molar-refractivity contribution in [2.24, 2.45) is 0 Å². The van der Waals surface area contributed by atoms with Crippen LogP contribution in [0.3, 0.4) is 0 Å². The topological polar surface area (TPSA) is 12.0 Å². The van der Waals surface area contributed by atoms with Crippen LogP contribution in [-0.2, 0) is 0 Å². The monoisotopic (exact) mass is 95.1 g/mol. The zero-order valence-electron chi connectivity index (χ0n) is 4.54. The quantitative estimate of drug-likeness (QED) is 0.398. The van der Waals surface area contributed by atoms with Crippen LogP contribution in [0.2, 0.25) is 0 Å². The van der Waals surface area contributed by atoms with E-state index in [-0.39, 0.29) is 0 Å². The van der Waals surface area contributed by atoms with Gasteiger partial charge in [0.2, 0.25) is 0 Å². The van der Waals surface area contributed by atoms with Gasteiger partial charge in [0.05, 0.1) is 0 Å². The van der Waals surface area contributed by atoms with E-state index >= 15 is 0 Å². The molecule has 1 aliphatic rings. The van der Waals surface area contributed by atoms with Gasteiger partial charge >= 0.3 is 44.2 Å². The van der Waals surface area contributed by atoms with Crippen molar-refractivity contribution in [3.05, 3.63) is 0 Å². The van der Waals surface area contributed by atoms with Crippen LogP contribution in [0.1, 0.15) is 12.8 Å². The minimum atomic E-state index is 1.04. The fourth-order valence-corrected chi connectivity index (χ4v) is 0.817. The molecule has 0 bridgehead atoms. The molecule has 0 spiro atoms. The van der Waals surface area contributed by atoms with Crippen LogP contribution < -0.4 is 5.32 Å². The Labute approximate surface area is 45.2 Å². The Morgan fingerprint density at radius 2 is 2.43 bits per heavy atom. The second-order valence-electron chi connectivity index (χ2n) is 2.03. The van der Waals surface area contributed by atoms with E-state index in [1.807, 2.05) is 0 Å². The molecule has 7 heavy (non-hydrogen) atoms. The summed E-state index contributed by atoms with van der Waals surface area (Å²) in [4.78, 5) is 0. The van der Waals surface area contributed by atoms with Crippen molar-refractivity contribution in [1.82, 2.24) is 5.32 Å². The molecular weight excluding hydrogens is 84.9 g/mol. The molecular formula is C5H10BN. The Hall–Kier alpha value is -0.105. The molecule has 2 heteroatoms. The number of rotatable bonds is 0. The van der Waals surface area contributed by atoms with E-state index < -0.39 is 0 Å². The van der Waals surface area contributed by atoms with E-state index in [9.17, 15) is 0 Å². The fraction of sp³-hybridized carbons (Fsp3) is 0.800. The number of piperidine rings is 1. The first-order valence-corrected chi connectivity index (χ1v) is 2.77. The Balaban J connectivity index is 2.25. The zero-order chi connectivity index (χ0) is 5.11. The van der Waals surface area contributed by atoms with Gasteiger partial charge in [-0.2, -0.15) is 0 Å². The average molecular weight is 95.0 g/mol. The van der Waals surface area contributed by atoms with Gasteiger partial charge in [-0.15, -0.1) is 0 Å². The first-order chi connectivity index (χ1) is 3.39. The van der Waals surface area contributed by atoms with Gasteiger partial charge in [-0.05, 0) is 0 Å². The second kappa shape index (κ2) is 2.27. The van der Waals surface area contributed by atoms with Crippen LogP contribution in [0.25, 0.3) is 0 Å². The summed E-state index contributed by atoms with van der Waals surface area (Å²) < 4.78 is 0. The fourth-order valence-electron chi connectivity index (χ4n) is 0.817. The molecule has 1 rings (SSSR count). The Morgan fingerprint density at radius 3 is 2.71 bits per heavy atom. The summed E-state index contributed by atoms with van der Waals surface area (Å²) in [7, 11) is 3.85. The van der Waals surface area contributed by atoms with E-state index in [0.717, 1.165) is 6.54 Å². The van der Waals surface area contributed by atoms with E-state index in [4.69, 9.17) is 0 Å². The van der Waals surface area contributed by atoms with Crippen molar-refractivity contribution in [3.8, 4) is 0 Å². The van der Waals surface area contributed by atoms with Crippen LogP contribution in [0.5, 0.6) is 0 Å². The van der Waals surface area contributed by atoms with Crippen molar-refractivity contribution < 1.29 is 0 Å². The van der Waals surface area contributed by atoms with Gasteiger partial charge in [0.15, 0.2) is 0 Å². The third kappa shape index (κ3) is 1.43. The molecule has 38 valence electrons. The summed E-state index contributed by atoms with van der Waals surface area (Å²) in [6.45, 7) is 2.22. The predicted octanol–water partition coefficient (Wildman–Crippen LogP) is -0.557. The standard InChI is InChI=1S/C5H10BN/c6-5-2-1-3-7-4-5/h6-7H,1-4H2. The normalized spacial score (nSPS) is 22.4. The van der Waals surface area contributed by atoms with Crippen molar-refractivity contribution in [2.75, 3.05) is 13.1 Å². The molecule has 0 aromatic heterocycles. The maximum absolute atomic E-state index is 3.85. The molecule has 0 unspecified atom stereocenters. The summed E-state index contributed by atoms with van der Waals surface area (Å²) in [5, 5.41) is 3.23. The van der Waals surface area contributed by atoms with E-state index in [1.165, 1.54) is 24.8 Å². The van der Waals surface area contributed by atoms with Crippen LogP contribution in [0.15, 0.2) is 0 Å². The van der Waals surface area contributed by atoms with Gasteiger partial charge in [-0.3, -0.25) is 0 Å². The molecule has 1 saturated heterocycles. The van der Waals surface area contributed by atoms with Gasteiger partial charge < -0.3 is 0 Å². The Bertz CT molecular complexity index is 72.1. The number of hydrogen-bond acceptors (Lipinski definition) is 1. The third-order valence-corrected chi connectivity index (χ3v) is 1.26. The molecule has 0 radical (unpaired) electrons. The summed E-state index contributed by atoms with van der Waals surface area (Å²) >= 11 is 0. The summed E-state index contributed by atoms with van der Waals surface area (Å²) in [6, 6.07) is 0. The molecule has 1 heterocycles. The van der Waals surface area contributed by atoms with Crippen LogP contribution >= 0.6 is 0 Å². The zero-order valence-corrected chi connectivity index (χ0v) is 4.54. The third-order valence-electron chi connectivity index (χ3n) is 1.26. The van der Waals surface area contributed by atoms with Crippen LogP contribution in [-0.4, -0.2) is 26.0 Å². The van der Waals surface area contributed by atoms with Crippen LogP contribution in [0.4, 0.5) is 0 Å². The van der Waals surface area contributed by atoms with E-state index in [1.54, 1.807) is 0 Å². The second-order valence-corrected chi connectivity index (χ2v) is 2.03. The van der Waals surface area contributed by atoms with Crippen molar-refractivity contribution >= 4 is 13.0 Å². The summed E-state index contributed by atoms with van der Waals surface area (Å²) in [6.07, 6.45) is 2.51. The molecule has 0 aromatic rings. The Kier molecular flexibility index (Phi) is 1.63. The summed E-state index contributed by atoms with van der Waals surface area (Å²) in [5.41, 5.74) is 1.35. The average Bonchev–Trinajstić information content (AvgIpc) is 1.69. The minimum absolute atomic E-state index is 1.04. The first kappa shape index (κ1) is 5.04. The van der Waals surface area contributed by atoms with Crippen molar-refractivity contribution in [1.29, 1.82) is 0 Å². The molecule has 0 atom stereocenters. The first-order valence-electron chi connectivity index (χ1n) is 2.77. The van der Waals surface area contributed by atoms with Gasteiger partial charge in [-0.1, -0.05) is 0 Å². The van der Waals surface area contributed by atoms with Crippen LogP contribution in [0, 0.1) is 0 Å². The number of nitrogens with one attached hydrogen (secondary N) is 1. The van der Waals surface area contributed by atoms with Crippen molar-refractivity contribution in [2.45, 2.75) is 12.8 Å². The molecule has 1 fully saturated rings. The molecule has 1 aliphatic heterocycles. The Morgan fingerprint density at radius 1 is 1.57 bits per heavy atom. The van der Waals surface area contributed by atoms with E-state index in [2.05, 4.69) is 12.8 Å². The van der Waals surface area contributed by atoms with Gasteiger partial charge in [-0.25, -0.2) is 0 Å². The van der Waals surface area contributed by atoms with Crippen molar-refractivity contribution in [3.63, 3.8) is 0 Å². The van der Waals surface area contributed by atoms with E-state index in [0.29, 0.717) is 0 Å². The molecule has 0 aromatic carbocycles. The molecule has 1 nitrogen and oxygen atoms in total. The van der Waals surface area contributed by atoms with Gasteiger partial charge in [0.1, 0.15) is 0 Å². The SMILES string of the molecule is B=C1CCCNC1. The summed E-state index contributed by atoms with van der Waals surface area (Å²) in [5.74, 6) is 0. The molecule has 0 amide bonds. The van der Waals surface area contributed by atoms with Gasteiger partial charge in [0, 0.05) is 0 Å². The van der Waals surface area contributed by atoms with Gasteiger partial charge in [0.25, 0.3) is 0 Å². The maximum atomic E-state index is 3.85. The molecule has 0 saturated carbocycles. The molecule has 1 N–H and O–H groups in total. The predicted molar refractivity (Wildman–Crippen MR) is 34.3 cm³/mol. The molecule has 0 aliphatic carbocycles.